The molecule has 2 aromatic rings. The Bertz CT molecular complexity index is 771. The molecular formula is C19H25NO4S. The molecule has 0 spiro atoms. The predicted molar refractivity (Wildman–Crippen MR) is 99.0 cm³/mol. The standard InChI is InChI=1S/C18H21NO4S.CH4/c1-14(18(20)21)13-16-9-7-15(8-10-16)11-12-19-24(22,23)17-5-3-2-4-6-17;/h2-10,14,19H,11-13H2,1H3,(H,20,21);1H4. The Balaban J connectivity index is 0.00000312. The van der Waals surface area contributed by atoms with E-state index in [9.17, 15) is 13.2 Å². The lowest BCUT2D eigenvalue weighted by molar-refractivity contribution is -0.141. The summed E-state index contributed by atoms with van der Waals surface area (Å²) in [5, 5.41) is 8.92. The van der Waals surface area contributed by atoms with E-state index >= 15 is 0 Å². The molecule has 0 aliphatic rings. The average Bonchev–Trinajstić information content (AvgIpc) is 2.57. The van der Waals surface area contributed by atoms with Crippen LogP contribution in [0.15, 0.2) is 59.5 Å². The number of hydrogen-bond donors (Lipinski definition) is 2. The third-order valence-corrected chi connectivity index (χ3v) is 5.22. The maximum atomic E-state index is 12.1. The van der Waals surface area contributed by atoms with Crippen LogP contribution in [0.4, 0.5) is 0 Å². The van der Waals surface area contributed by atoms with Crippen LogP contribution >= 0.6 is 0 Å². The second-order valence-corrected chi connectivity index (χ2v) is 7.49. The topological polar surface area (TPSA) is 83.5 Å². The molecule has 2 aromatic carbocycles. The largest absolute Gasteiger partial charge is 0.481 e. The zero-order chi connectivity index (χ0) is 17.6. The number of carboxylic acid groups (broad SMARTS) is 1. The highest BCUT2D eigenvalue weighted by molar-refractivity contribution is 7.89. The molecule has 0 saturated carbocycles. The third kappa shape index (κ3) is 6.32. The maximum absolute atomic E-state index is 12.1. The fourth-order valence-electron chi connectivity index (χ4n) is 2.30. The van der Waals surface area contributed by atoms with Crippen molar-refractivity contribution in [2.45, 2.75) is 32.1 Å². The summed E-state index contributed by atoms with van der Waals surface area (Å²) in [5.74, 6) is -1.23. The molecule has 136 valence electrons. The van der Waals surface area contributed by atoms with Crippen LogP contribution < -0.4 is 4.72 Å². The number of benzene rings is 2. The number of aliphatic carboxylic acids is 1. The van der Waals surface area contributed by atoms with Crippen molar-refractivity contribution >= 4 is 16.0 Å². The minimum absolute atomic E-state index is 0. The molecule has 6 heteroatoms. The summed E-state index contributed by atoms with van der Waals surface area (Å²) in [4.78, 5) is 11.1. The van der Waals surface area contributed by atoms with Crippen LogP contribution in [0.5, 0.6) is 0 Å². The van der Waals surface area contributed by atoms with Crippen molar-refractivity contribution in [3.8, 4) is 0 Å². The van der Waals surface area contributed by atoms with Crippen molar-refractivity contribution in [2.24, 2.45) is 5.92 Å². The summed E-state index contributed by atoms with van der Waals surface area (Å²) in [6, 6.07) is 15.8. The van der Waals surface area contributed by atoms with Gasteiger partial charge in [-0.05, 0) is 36.1 Å². The fourth-order valence-corrected chi connectivity index (χ4v) is 3.35. The summed E-state index contributed by atoms with van der Waals surface area (Å²) in [7, 11) is -3.48. The summed E-state index contributed by atoms with van der Waals surface area (Å²) in [6.45, 7) is 1.98. The highest BCUT2D eigenvalue weighted by Gasteiger charge is 2.13. The number of rotatable bonds is 8. The lowest BCUT2D eigenvalue weighted by Crippen LogP contribution is -2.25. The molecule has 0 amide bonds. The van der Waals surface area contributed by atoms with Crippen molar-refractivity contribution in [1.29, 1.82) is 0 Å². The molecule has 0 aromatic heterocycles. The van der Waals surface area contributed by atoms with Crippen molar-refractivity contribution in [1.82, 2.24) is 4.72 Å². The highest BCUT2D eigenvalue weighted by Crippen LogP contribution is 2.11. The molecule has 0 saturated heterocycles. The van der Waals surface area contributed by atoms with Gasteiger partial charge in [0.2, 0.25) is 10.0 Å². The van der Waals surface area contributed by atoms with E-state index in [1.165, 1.54) is 0 Å². The molecule has 0 bridgehead atoms. The summed E-state index contributed by atoms with van der Waals surface area (Å²) in [6.07, 6.45) is 1.05. The van der Waals surface area contributed by atoms with E-state index in [2.05, 4.69) is 4.72 Å². The van der Waals surface area contributed by atoms with E-state index in [1.807, 2.05) is 24.3 Å². The molecule has 0 heterocycles. The van der Waals surface area contributed by atoms with Gasteiger partial charge in [0.1, 0.15) is 0 Å². The molecule has 0 aliphatic carbocycles. The van der Waals surface area contributed by atoms with Gasteiger partial charge in [0.25, 0.3) is 0 Å². The van der Waals surface area contributed by atoms with Crippen LogP contribution in [0.2, 0.25) is 0 Å². The minimum atomic E-state index is -3.48. The van der Waals surface area contributed by atoms with Gasteiger partial charge in [-0.1, -0.05) is 56.8 Å². The minimum Gasteiger partial charge on any atom is -0.481 e. The first-order valence-electron chi connectivity index (χ1n) is 7.74. The maximum Gasteiger partial charge on any atom is 0.306 e. The number of carboxylic acids is 1. The second-order valence-electron chi connectivity index (χ2n) is 5.72. The van der Waals surface area contributed by atoms with Gasteiger partial charge in [-0.15, -0.1) is 0 Å². The molecule has 0 fully saturated rings. The van der Waals surface area contributed by atoms with Gasteiger partial charge in [-0.2, -0.15) is 0 Å². The zero-order valence-corrected chi connectivity index (χ0v) is 14.3. The Morgan fingerprint density at radius 1 is 1.04 bits per heavy atom. The first kappa shape index (κ1) is 20.9. The molecule has 2 N–H and O–H groups in total. The normalized spacial score (nSPS) is 12.2. The Labute approximate surface area is 149 Å². The van der Waals surface area contributed by atoms with Crippen LogP contribution in [0.3, 0.4) is 0 Å². The first-order valence-corrected chi connectivity index (χ1v) is 9.22. The first-order chi connectivity index (χ1) is 11.4. The van der Waals surface area contributed by atoms with Gasteiger partial charge in [0, 0.05) is 6.54 Å². The zero-order valence-electron chi connectivity index (χ0n) is 13.5. The second kappa shape index (κ2) is 9.34. The molecule has 0 radical (unpaired) electrons. The van der Waals surface area contributed by atoms with E-state index in [0.29, 0.717) is 19.4 Å². The molecule has 0 aliphatic heterocycles. The van der Waals surface area contributed by atoms with Gasteiger partial charge < -0.3 is 5.11 Å². The Morgan fingerprint density at radius 3 is 2.16 bits per heavy atom. The van der Waals surface area contributed by atoms with Crippen molar-refractivity contribution in [2.75, 3.05) is 6.54 Å². The number of hydrogen-bond acceptors (Lipinski definition) is 3. The fraction of sp³-hybridized carbons (Fsp3) is 0.316. The summed E-state index contributed by atoms with van der Waals surface area (Å²) in [5.41, 5.74) is 1.95. The summed E-state index contributed by atoms with van der Waals surface area (Å²) >= 11 is 0. The Kier molecular flexibility index (Phi) is 7.80. The molecule has 1 atom stereocenters. The number of nitrogens with one attached hydrogen (secondary N) is 1. The van der Waals surface area contributed by atoms with Gasteiger partial charge in [0.15, 0.2) is 0 Å². The third-order valence-electron chi connectivity index (χ3n) is 3.75. The van der Waals surface area contributed by atoms with Gasteiger partial charge >= 0.3 is 5.97 Å². The van der Waals surface area contributed by atoms with Gasteiger partial charge in [0.05, 0.1) is 10.8 Å². The lowest BCUT2D eigenvalue weighted by atomic mass is 10.00. The SMILES string of the molecule is C.CC(Cc1ccc(CCNS(=O)(=O)c2ccccc2)cc1)C(=O)O. The van der Waals surface area contributed by atoms with E-state index < -0.39 is 21.9 Å². The van der Waals surface area contributed by atoms with Crippen LogP contribution in [0, 0.1) is 5.92 Å². The van der Waals surface area contributed by atoms with Gasteiger partial charge in [-0.25, -0.2) is 13.1 Å². The van der Waals surface area contributed by atoms with Gasteiger partial charge in [-0.3, -0.25) is 4.79 Å². The summed E-state index contributed by atoms with van der Waals surface area (Å²) < 4.78 is 26.8. The van der Waals surface area contributed by atoms with Crippen LogP contribution in [-0.2, 0) is 27.7 Å². The average molecular weight is 363 g/mol. The quantitative estimate of drug-likeness (QED) is 0.755. The lowest BCUT2D eigenvalue weighted by Gasteiger charge is -2.09. The van der Waals surface area contributed by atoms with E-state index in [-0.39, 0.29) is 12.3 Å². The predicted octanol–water partition coefficient (Wildman–Crippen LogP) is 3.11. The Hall–Kier alpha value is -2.18. The van der Waals surface area contributed by atoms with Crippen LogP contribution in [-0.4, -0.2) is 26.0 Å². The highest BCUT2D eigenvalue weighted by atomic mass is 32.2. The van der Waals surface area contributed by atoms with Crippen molar-refractivity contribution in [3.05, 3.63) is 65.7 Å². The molecule has 1 unspecified atom stereocenters. The monoisotopic (exact) mass is 363 g/mol. The molecule has 2 rings (SSSR count). The smallest absolute Gasteiger partial charge is 0.306 e. The van der Waals surface area contributed by atoms with E-state index in [0.717, 1.165) is 11.1 Å². The molecule has 25 heavy (non-hydrogen) atoms. The molecular weight excluding hydrogens is 338 g/mol. The van der Waals surface area contributed by atoms with E-state index in [4.69, 9.17) is 5.11 Å². The van der Waals surface area contributed by atoms with Crippen LogP contribution in [0.1, 0.15) is 25.5 Å². The Morgan fingerprint density at radius 2 is 1.60 bits per heavy atom. The van der Waals surface area contributed by atoms with Crippen molar-refractivity contribution in [3.63, 3.8) is 0 Å². The van der Waals surface area contributed by atoms with E-state index in [1.54, 1.807) is 37.3 Å². The van der Waals surface area contributed by atoms with Crippen molar-refractivity contribution < 1.29 is 18.3 Å². The number of sulfonamides is 1. The van der Waals surface area contributed by atoms with Crippen LogP contribution in [0.25, 0.3) is 0 Å². The molecule has 5 nitrogen and oxygen atoms in total. The number of carbonyl (C=O) groups is 1.